The summed E-state index contributed by atoms with van der Waals surface area (Å²) in [5.41, 5.74) is 0. The van der Waals surface area contributed by atoms with E-state index in [1.807, 2.05) is 30.3 Å². The van der Waals surface area contributed by atoms with E-state index in [0.717, 1.165) is 18.7 Å². The first-order valence-corrected chi connectivity index (χ1v) is 6.07. The van der Waals surface area contributed by atoms with Crippen LogP contribution in [0.25, 0.3) is 0 Å². The normalized spacial score (nSPS) is 30.0. The minimum atomic E-state index is -0.0921. The van der Waals surface area contributed by atoms with E-state index in [1.165, 1.54) is 19.3 Å². The van der Waals surface area contributed by atoms with Crippen molar-refractivity contribution in [2.24, 2.45) is 0 Å². The SMILES string of the molecule is c1ccc(OC2CC3CCCCN3O2)cc1. The van der Waals surface area contributed by atoms with Gasteiger partial charge >= 0.3 is 0 Å². The van der Waals surface area contributed by atoms with Crippen LogP contribution < -0.4 is 4.74 Å². The number of piperidine rings is 1. The number of ether oxygens (including phenoxy) is 1. The lowest BCUT2D eigenvalue weighted by Crippen LogP contribution is -2.33. The highest BCUT2D eigenvalue weighted by Gasteiger charge is 2.36. The molecule has 1 aromatic carbocycles. The summed E-state index contributed by atoms with van der Waals surface area (Å²) >= 11 is 0. The van der Waals surface area contributed by atoms with E-state index in [2.05, 4.69) is 5.06 Å². The molecule has 3 nitrogen and oxygen atoms in total. The molecule has 2 fully saturated rings. The van der Waals surface area contributed by atoms with Crippen LogP contribution in [0.3, 0.4) is 0 Å². The van der Waals surface area contributed by atoms with Gasteiger partial charge in [-0.25, -0.2) is 0 Å². The molecule has 0 saturated carbocycles. The lowest BCUT2D eigenvalue weighted by atomic mass is 10.0. The standard InChI is InChI=1S/C13H17NO2/c1-2-7-12(8-3-1)15-13-10-11-6-4-5-9-14(11)16-13/h1-3,7-8,11,13H,4-6,9-10H2. The van der Waals surface area contributed by atoms with Gasteiger partial charge < -0.3 is 4.74 Å². The molecule has 3 rings (SSSR count). The second kappa shape index (κ2) is 4.44. The minimum Gasteiger partial charge on any atom is -0.463 e. The van der Waals surface area contributed by atoms with E-state index in [0.29, 0.717) is 6.04 Å². The first-order chi connectivity index (χ1) is 7.92. The predicted octanol–water partition coefficient (Wildman–Crippen LogP) is 2.58. The van der Waals surface area contributed by atoms with Gasteiger partial charge in [-0.05, 0) is 25.0 Å². The number of rotatable bonds is 2. The fraction of sp³-hybridized carbons (Fsp3) is 0.538. The summed E-state index contributed by atoms with van der Waals surface area (Å²) in [6.07, 6.45) is 4.71. The molecule has 2 heterocycles. The number of hydrogen-bond acceptors (Lipinski definition) is 3. The molecule has 0 radical (unpaired) electrons. The Hall–Kier alpha value is -1.06. The summed E-state index contributed by atoms with van der Waals surface area (Å²) in [6.45, 7) is 1.05. The molecule has 2 atom stereocenters. The molecular formula is C13H17NO2. The van der Waals surface area contributed by atoms with Crippen molar-refractivity contribution >= 4 is 0 Å². The second-order valence-corrected chi connectivity index (χ2v) is 4.49. The Morgan fingerprint density at radius 3 is 2.88 bits per heavy atom. The number of hydroxylamine groups is 2. The Labute approximate surface area is 95.9 Å². The fourth-order valence-electron chi connectivity index (χ4n) is 2.49. The van der Waals surface area contributed by atoms with E-state index in [-0.39, 0.29) is 6.29 Å². The molecule has 1 aromatic rings. The molecule has 86 valence electrons. The van der Waals surface area contributed by atoms with Crippen molar-refractivity contribution in [2.75, 3.05) is 6.54 Å². The van der Waals surface area contributed by atoms with Crippen LogP contribution in [0.5, 0.6) is 5.75 Å². The molecule has 0 N–H and O–H groups in total. The van der Waals surface area contributed by atoms with Gasteiger partial charge in [0.15, 0.2) is 0 Å². The van der Waals surface area contributed by atoms with Gasteiger partial charge in [-0.1, -0.05) is 24.6 Å². The van der Waals surface area contributed by atoms with E-state index in [9.17, 15) is 0 Å². The third-order valence-corrected chi connectivity index (χ3v) is 3.30. The molecule has 2 saturated heterocycles. The maximum absolute atomic E-state index is 5.80. The summed E-state index contributed by atoms with van der Waals surface area (Å²) in [5, 5.41) is 2.11. The lowest BCUT2D eigenvalue weighted by molar-refractivity contribution is -0.217. The molecule has 0 aromatic heterocycles. The topological polar surface area (TPSA) is 21.7 Å². The van der Waals surface area contributed by atoms with Gasteiger partial charge in [0.05, 0.1) is 0 Å². The Morgan fingerprint density at radius 2 is 2.06 bits per heavy atom. The highest BCUT2D eigenvalue weighted by Crippen LogP contribution is 2.30. The average molecular weight is 219 g/mol. The Kier molecular flexibility index (Phi) is 2.80. The van der Waals surface area contributed by atoms with Crippen LogP contribution in [0.4, 0.5) is 0 Å². The smallest absolute Gasteiger partial charge is 0.219 e. The van der Waals surface area contributed by atoms with Crippen LogP contribution in [0.15, 0.2) is 30.3 Å². The molecule has 2 aliphatic heterocycles. The zero-order chi connectivity index (χ0) is 10.8. The van der Waals surface area contributed by atoms with Crippen molar-refractivity contribution in [3.63, 3.8) is 0 Å². The summed E-state index contributed by atoms with van der Waals surface area (Å²) in [5.74, 6) is 0.896. The van der Waals surface area contributed by atoms with Crippen LogP contribution in [-0.2, 0) is 4.84 Å². The third kappa shape index (κ3) is 2.06. The van der Waals surface area contributed by atoms with Crippen molar-refractivity contribution in [1.82, 2.24) is 5.06 Å². The quantitative estimate of drug-likeness (QED) is 0.763. The fourth-order valence-corrected chi connectivity index (χ4v) is 2.49. The zero-order valence-electron chi connectivity index (χ0n) is 9.34. The first-order valence-electron chi connectivity index (χ1n) is 6.07. The Morgan fingerprint density at radius 1 is 1.19 bits per heavy atom. The van der Waals surface area contributed by atoms with Gasteiger partial charge in [-0.15, -0.1) is 0 Å². The minimum absolute atomic E-state index is 0.0921. The molecule has 0 aliphatic carbocycles. The van der Waals surface area contributed by atoms with Crippen LogP contribution in [0.1, 0.15) is 25.7 Å². The van der Waals surface area contributed by atoms with Crippen molar-refractivity contribution in [2.45, 2.75) is 38.0 Å². The van der Waals surface area contributed by atoms with Crippen LogP contribution in [0.2, 0.25) is 0 Å². The molecular weight excluding hydrogens is 202 g/mol. The lowest BCUT2D eigenvalue weighted by Gasteiger charge is -2.26. The third-order valence-electron chi connectivity index (χ3n) is 3.30. The molecule has 2 unspecified atom stereocenters. The van der Waals surface area contributed by atoms with Crippen molar-refractivity contribution in [3.8, 4) is 5.75 Å². The van der Waals surface area contributed by atoms with Crippen molar-refractivity contribution in [1.29, 1.82) is 0 Å². The summed E-state index contributed by atoms with van der Waals surface area (Å²) < 4.78 is 5.80. The van der Waals surface area contributed by atoms with Crippen LogP contribution in [-0.4, -0.2) is 23.9 Å². The van der Waals surface area contributed by atoms with Crippen molar-refractivity contribution < 1.29 is 9.57 Å². The monoisotopic (exact) mass is 219 g/mol. The maximum atomic E-state index is 5.80. The van der Waals surface area contributed by atoms with E-state index in [4.69, 9.17) is 9.57 Å². The maximum Gasteiger partial charge on any atom is 0.219 e. The first kappa shape index (κ1) is 10.1. The number of hydrogen-bond donors (Lipinski definition) is 0. The Bertz CT molecular complexity index is 327. The zero-order valence-corrected chi connectivity index (χ0v) is 9.34. The number of benzene rings is 1. The predicted molar refractivity (Wildman–Crippen MR) is 60.9 cm³/mol. The van der Waals surface area contributed by atoms with Gasteiger partial charge in [0.25, 0.3) is 0 Å². The van der Waals surface area contributed by atoms with Gasteiger partial charge in [0.1, 0.15) is 5.75 Å². The number of fused-ring (bicyclic) bond motifs is 1. The number of nitrogens with zero attached hydrogens (tertiary/aromatic N) is 1. The molecule has 3 heteroatoms. The average Bonchev–Trinajstić information content (AvgIpc) is 2.72. The molecule has 2 aliphatic rings. The van der Waals surface area contributed by atoms with Crippen LogP contribution >= 0.6 is 0 Å². The second-order valence-electron chi connectivity index (χ2n) is 4.49. The molecule has 0 spiro atoms. The summed E-state index contributed by atoms with van der Waals surface area (Å²) in [6, 6.07) is 10.5. The molecule has 0 amide bonds. The molecule has 0 bridgehead atoms. The highest BCUT2D eigenvalue weighted by molar-refractivity contribution is 5.21. The largest absolute Gasteiger partial charge is 0.463 e. The Balaban J connectivity index is 1.61. The summed E-state index contributed by atoms with van der Waals surface area (Å²) in [4.78, 5) is 5.78. The van der Waals surface area contributed by atoms with Gasteiger partial charge in [0.2, 0.25) is 6.29 Å². The highest BCUT2D eigenvalue weighted by atomic mass is 16.8. The van der Waals surface area contributed by atoms with Gasteiger partial charge in [-0.3, -0.25) is 4.84 Å². The number of para-hydroxylation sites is 1. The van der Waals surface area contributed by atoms with Gasteiger partial charge in [0, 0.05) is 19.0 Å². The summed E-state index contributed by atoms with van der Waals surface area (Å²) in [7, 11) is 0. The van der Waals surface area contributed by atoms with Crippen LogP contribution in [0, 0.1) is 0 Å². The van der Waals surface area contributed by atoms with E-state index in [1.54, 1.807) is 0 Å². The van der Waals surface area contributed by atoms with Gasteiger partial charge in [-0.2, -0.15) is 5.06 Å². The van der Waals surface area contributed by atoms with Crippen molar-refractivity contribution in [3.05, 3.63) is 30.3 Å². The van der Waals surface area contributed by atoms with E-state index >= 15 is 0 Å². The molecule has 16 heavy (non-hydrogen) atoms. The van der Waals surface area contributed by atoms with E-state index < -0.39 is 0 Å².